The summed E-state index contributed by atoms with van der Waals surface area (Å²) in [4.78, 5) is 113. The number of piperidine rings is 2. The van der Waals surface area contributed by atoms with Crippen LogP contribution in [0.4, 0.5) is 0 Å². The molecule has 45 heteroatoms. The molecule has 5 fully saturated rings. The quantitative estimate of drug-likeness (QED) is 0.0433. The van der Waals surface area contributed by atoms with Gasteiger partial charge in [0.05, 0.1) is 38.1 Å². The first-order chi connectivity index (χ1) is 37.6. The number of phosphoric ester groups is 3. The van der Waals surface area contributed by atoms with E-state index in [1.807, 2.05) is 38.8 Å². The van der Waals surface area contributed by atoms with Crippen LogP contribution < -0.4 is 0 Å². The average Bonchev–Trinajstić information content (AvgIpc) is 4.26. The van der Waals surface area contributed by atoms with E-state index in [9.17, 15) is 55.8 Å². The van der Waals surface area contributed by atoms with Crippen molar-refractivity contribution in [1.29, 1.82) is 0 Å². The van der Waals surface area contributed by atoms with Gasteiger partial charge in [-0.15, -0.1) is 0 Å². The Bertz CT molecular complexity index is 2770. The first kappa shape index (κ1) is 74.9. The van der Waals surface area contributed by atoms with Gasteiger partial charge < -0.3 is 87.6 Å². The zero-order valence-corrected chi connectivity index (χ0v) is 53.4. The first-order valence-corrected chi connectivity index (χ1v) is 38.5. The standard InChI is InChI=1S/C13H26NO11P3.C13H24NO11P3.C12H24NO11P3/c2*1-9-4-5-11(3)14(7-9)13-10(2)6-12(23-13)8-22-27(18,19)25-28(20,21)24-26(15,16)17;1-9-7-11(22-12(9)13-6-4-3-5-10(13)2)8-21-26(17,18)24-27(19,20)23-25(14,15)16/h9-10,12-13H,3-8H2,1-2H3,(H,18,19)(H,20,21)(H2,15,16,17);7,10,12-13H,3-6,8H2,1-2H3,(H,18,19)(H,20,21)(H2,15,16,17);9,11-12H,2-8H2,1H3,(H,17,18)(H,19,20)(H2,14,15,16). The van der Waals surface area contributed by atoms with Crippen molar-refractivity contribution in [2.75, 3.05) is 32.9 Å². The number of nitrogens with zero attached hydrogens (tertiary/aromatic N) is 3. The first-order valence-electron chi connectivity index (χ1n) is 25.0. The van der Waals surface area contributed by atoms with Gasteiger partial charge in [0.15, 0.2) is 0 Å². The lowest BCUT2D eigenvalue weighted by atomic mass is 9.96. The summed E-state index contributed by atoms with van der Waals surface area (Å²) in [5, 5.41) is 0. The minimum absolute atomic E-state index is 0.0356. The maximum atomic E-state index is 11.8. The van der Waals surface area contributed by atoms with E-state index in [-0.39, 0.29) is 36.4 Å². The number of phosphoric acid groups is 9. The minimum Gasteiger partial charge on any atom is -0.352 e. The van der Waals surface area contributed by atoms with Gasteiger partial charge in [0.25, 0.3) is 0 Å². The monoisotopic (exact) mass is 1380 g/mol. The number of hydrogen-bond acceptors (Lipinski definition) is 24. The van der Waals surface area contributed by atoms with E-state index in [0.717, 1.165) is 75.1 Å². The second-order valence-electron chi connectivity index (χ2n) is 20.3. The highest BCUT2D eigenvalue weighted by Gasteiger charge is 2.47. The lowest BCUT2D eigenvalue weighted by molar-refractivity contribution is -0.0744. The van der Waals surface area contributed by atoms with Crippen LogP contribution in [-0.2, 0) is 94.7 Å². The van der Waals surface area contributed by atoms with Gasteiger partial charge in [-0.25, -0.2) is 41.1 Å². The summed E-state index contributed by atoms with van der Waals surface area (Å²) in [6, 6.07) is 0. The molecule has 0 amide bonds. The summed E-state index contributed by atoms with van der Waals surface area (Å²) in [7, 11) is -48.2. The predicted molar refractivity (Wildman–Crippen MR) is 285 cm³/mol. The van der Waals surface area contributed by atoms with Crippen molar-refractivity contribution < 1.29 is 153 Å². The topological polar surface area (TPSA) is 517 Å². The van der Waals surface area contributed by atoms with Gasteiger partial charge in [-0.1, -0.05) is 53.0 Å². The molecule has 16 atom stereocenters. The molecule has 0 radical (unpaired) electrons. The van der Waals surface area contributed by atoms with E-state index >= 15 is 0 Å². The van der Waals surface area contributed by atoms with Crippen LogP contribution in [0.15, 0.2) is 48.6 Å². The molecular weight excluding hydrogens is 1310 g/mol. The number of ether oxygens (including phenoxy) is 3. The molecule has 36 nitrogen and oxygen atoms in total. The molecule has 6 rings (SSSR count). The van der Waals surface area contributed by atoms with E-state index in [1.54, 1.807) is 0 Å². The van der Waals surface area contributed by atoms with Crippen molar-refractivity contribution in [2.45, 2.75) is 136 Å². The largest absolute Gasteiger partial charge is 0.490 e. The summed E-state index contributed by atoms with van der Waals surface area (Å²) in [5.74, 6) is 0.690. The summed E-state index contributed by atoms with van der Waals surface area (Å²) in [6.07, 6.45) is 7.31. The van der Waals surface area contributed by atoms with Gasteiger partial charge in [-0.2, -0.15) is 25.9 Å². The van der Waals surface area contributed by atoms with Crippen molar-refractivity contribution in [1.82, 2.24) is 14.7 Å². The van der Waals surface area contributed by atoms with Crippen LogP contribution in [-0.4, -0.2) is 143 Å². The number of allylic oxidation sites excluding steroid dienone is 4. The van der Waals surface area contributed by atoms with Crippen LogP contribution in [0.3, 0.4) is 0 Å². The lowest BCUT2D eigenvalue weighted by Gasteiger charge is -2.40. The SMILES string of the molecule is C=C1CCC(C)=CN1C1OC(COP(=O)(O)OP(=O)(O)OP(=O)(O)O)CC1C.C=C1CCC(C)CN1C1OC(COP(=O)(O)OP(=O)(O)OP(=O)(O)O)CC1C.C=C1CCCCN1C1OC(COP(=O)(O)OP(=O)(O)OP(=O)(O)O)CC1C. The van der Waals surface area contributed by atoms with Crippen LogP contribution in [0.1, 0.15) is 98.8 Å². The highest BCUT2D eigenvalue weighted by atomic mass is 31.3. The molecular formula is C38H74N3O33P9. The summed E-state index contributed by atoms with van der Waals surface area (Å²) >= 11 is 0. The molecule has 0 aromatic rings. The Morgan fingerprint density at radius 3 is 1.22 bits per heavy atom. The molecule has 484 valence electrons. The maximum absolute atomic E-state index is 11.8. The van der Waals surface area contributed by atoms with Gasteiger partial charge in [0.1, 0.15) is 18.7 Å². The minimum atomic E-state index is -5.53. The maximum Gasteiger partial charge on any atom is 0.490 e. The molecule has 0 bridgehead atoms. The summed E-state index contributed by atoms with van der Waals surface area (Å²) in [6.45, 7) is 22.4. The fraction of sp³-hybridized carbons (Fsp3) is 0.789. The Hall–Kier alpha value is -0.530. The molecule has 6 aliphatic rings. The number of hydrogen-bond donors (Lipinski definition) is 12. The zero-order chi connectivity index (χ0) is 63.1. The van der Waals surface area contributed by atoms with Gasteiger partial charge >= 0.3 is 70.4 Å². The van der Waals surface area contributed by atoms with E-state index in [4.69, 9.17) is 58.3 Å². The van der Waals surface area contributed by atoms with Gasteiger partial charge in [-0.05, 0) is 77.0 Å². The fourth-order valence-electron chi connectivity index (χ4n) is 9.35. The Morgan fingerprint density at radius 2 is 0.831 bits per heavy atom. The Morgan fingerprint density at radius 1 is 0.470 bits per heavy atom. The van der Waals surface area contributed by atoms with Gasteiger partial charge in [-0.3, -0.25) is 13.6 Å². The molecule has 0 spiro atoms. The smallest absolute Gasteiger partial charge is 0.352 e. The van der Waals surface area contributed by atoms with Crippen molar-refractivity contribution in [2.24, 2.45) is 23.7 Å². The molecule has 0 aromatic heterocycles. The summed E-state index contributed by atoms with van der Waals surface area (Å²) in [5.41, 5.74) is 3.98. The molecule has 0 saturated carbocycles. The second-order valence-corrected chi connectivity index (χ2v) is 33.5. The van der Waals surface area contributed by atoms with E-state index in [0.29, 0.717) is 25.2 Å². The van der Waals surface area contributed by atoms with Crippen LogP contribution >= 0.6 is 70.4 Å². The third-order valence-electron chi connectivity index (χ3n) is 12.7. The van der Waals surface area contributed by atoms with Crippen molar-refractivity contribution in [3.8, 4) is 0 Å². The Kier molecular flexibility index (Phi) is 27.1. The molecule has 0 aromatic carbocycles. The number of rotatable bonds is 24. The lowest BCUT2D eigenvalue weighted by Crippen LogP contribution is -2.43. The van der Waals surface area contributed by atoms with Crippen LogP contribution in [0.25, 0.3) is 0 Å². The molecule has 16 unspecified atom stereocenters. The van der Waals surface area contributed by atoms with E-state index < -0.39 is 109 Å². The highest BCUT2D eigenvalue weighted by Crippen LogP contribution is 2.69. The zero-order valence-electron chi connectivity index (χ0n) is 45.4. The van der Waals surface area contributed by atoms with Gasteiger partial charge in [0, 0.05) is 54.1 Å². The van der Waals surface area contributed by atoms with Crippen molar-refractivity contribution in [3.05, 3.63) is 48.6 Å². The second kappa shape index (κ2) is 30.1. The molecule has 5 saturated heterocycles. The normalized spacial score (nSPS) is 31.9. The van der Waals surface area contributed by atoms with E-state index in [2.05, 4.69) is 75.9 Å². The Labute approximate surface area is 478 Å². The van der Waals surface area contributed by atoms with Crippen LogP contribution in [0.5, 0.6) is 0 Å². The molecule has 6 aliphatic heterocycles. The van der Waals surface area contributed by atoms with Gasteiger partial charge in [0.2, 0.25) is 0 Å². The number of likely N-dealkylation sites (tertiary alicyclic amines) is 2. The summed E-state index contributed by atoms with van der Waals surface area (Å²) < 4.78 is 155. The Balaban J connectivity index is 0.000000267. The average molecular weight is 1380 g/mol. The third-order valence-corrected chi connectivity index (χ3v) is 24.1. The molecule has 0 aliphatic carbocycles. The third kappa shape index (κ3) is 26.8. The molecule has 6 heterocycles. The van der Waals surface area contributed by atoms with Crippen LogP contribution in [0.2, 0.25) is 0 Å². The van der Waals surface area contributed by atoms with Crippen molar-refractivity contribution in [3.63, 3.8) is 0 Å². The molecule has 83 heavy (non-hydrogen) atoms. The fourth-order valence-corrected chi connectivity index (χ4v) is 18.5. The predicted octanol–water partition coefficient (Wildman–Crippen LogP) is 7.00. The van der Waals surface area contributed by atoms with Crippen LogP contribution in [0, 0.1) is 23.7 Å². The molecule has 12 N–H and O–H groups in total. The highest BCUT2D eigenvalue weighted by molar-refractivity contribution is 7.67. The van der Waals surface area contributed by atoms with E-state index in [1.165, 1.54) is 5.57 Å². The van der Waals surface area contributed by atoms with Crippen molar-refractivity contribution >= 4 is 70.4 Å².